The lowest BCUT2D eigenvalue weighted by Gasteiger charge is -2.38. The van der Waals surface area contributed by atoms with E-state index in [9.17, 15) is 5.11 Å². The van der Waals surface area contributed by atoms with Crippen molar-refractivity contribution in [2.24, 2.45) is 0 Å². The molecule has 2 aliphatic heterocycles. The van der Waals surface area contributed by atoms with E-state index in [0.717, 1.165) is 0 Å². The summed E-state index contributed by atoms with van der Waals surface area (Å²) < 4.78 is 22.0. The van der Waals surface area contributed by atoms with Gasteiger partial charge in [0.1, 0.15) is 24.4 Å². The van der Waals surface area contributed by atoms with Gasteiger partial charge in [-0.1, -0.05) is 6.08 Å². The maximum absolute atomic E-state index is 9.76. The molecule has 5 heteroatoms. The lowest BCUT2D eigenvalue weighted by molar-refractivity contribution is -0.255. The summed E-state index contributed by atoms with van der Waals surface area (Å²) in [5.74, 6) is -0.694. The first-order chi connectivity index (χ1) is 7.48. The minimum Gasteiger partial charge on any atom is -0.373 e. The van der Waals surface area contributed by atoms with Gasteiger partial charge in [-0.15, -0.1) is 6.58 Å². The van der Waals surface area contributed by atoms with Crippen molar-refractivity contribution in [3.05, 3.63) is 12.7 Å². The van der Waals surface area contributed by atoms with Gasteiger partial charge < -0.3 is 24.1 Å². The second-order valence-corrected chi connectivity index (χ2v) is 4.49. The number of aliphatic hydroxyl groups excluding tert-OH is 1. The van der Waals surface area contributed by atoms with Gasteiger partial charge in [0, 0.05) is 7.11 Å². The Balaban J connectivity index is 2.23. The van der Waals surface area contributed by atoms with Gasteiger partial charge >= 0.3 is 0 Å². The van der Waals surface area contributed by atoms with E-state index in [1.807, 2.05) is 13.8 Å². The molecule has 92 valence electrons. The van der Waals surface area contributed by atoms with Crippen molar-refractivity contribution >= 4 is 0 Å². The molecule has 0 aliphatic carbocycles. The summed E-state index contributed by atoms with van der Waals surface area (Å²) in [6.45, 7) is 7.31. The van der Waals surface area contributed by atoms with E-state index in [1.165, 1.54) is 7.11 Å². The summed E-state index contributed by atoms with van der Waals surface area (Å²) in [6, 6.07) is 0. The van der Waals surface area contributed by atoms with Crippen LogP contribution in [0.5, 0.6) is 0 Å². The minimum atomic E-state index is -1.02. The van der Waals surface area contributed by atoms with Gasteiger partial charge in [-0.25, -0.2) is 0 Å². The van der Waals surface area contributed by atoms with Crippen LogP contribution in [0.2, 0.25) is 0 Å². The number of hydrogen-bond acceptors (Lipinski definition) is 5. The fourth-order valence-electron chi connectivity index (χ4n) is 2.24. The van der Waals surface area contributed by atoms with E-state index in [-0.39, 0.29) is 18.3 Å². The van der Waals surface area contributed by atoms with E-state index in [0.29, 0.717) is 0 Å². The molecule has 0 aromatic rings. The van der Waals surface area contributed by atoms with Crippen LogP contribution in [-0.2, 0) is 18.9 Å². The normalized spacial score (nSPS) is 46.4. The van der Waals surface area contributed by atoms with E-state index in [1.54, 1.807) is 6.08 Å². The molecule has 1 unspecified atom stereocenters. The zero-order chi connectivity index (χ0) is 11.9. The molecule has 0 aromatic carbocycles. The van der Waals surface area contributed by atoms with Crippen LogP contribution in [-0.4, -0.2) is 48.7 Å². The van der Waals surface area contributed by atoms with Crippen LogP contribution in [0, 0.1) is 0 Å². The molecule has 5 nitrogen and oxygen atoms in total. The summed E-state index contributed by atoms with van der Waals surface area (Å²) in [5.41, 5.74) is 0. The molecule has 16 heavy (non-hydrogen) atoms. The van der Waals surface area contributed by atoms with Crippen molar-refractivity contribution in [2.45, 2.75) is 50.3 Å². The molecule has 5 atom stereocenters. The molecule has 0 aromatic heterocycles. The van der Waals surface area contributed by atoms with Gasteiger partial charge in [0.05, 0.1) is 0 Å². The molecular formula is C11H18O5. The standard InChI is InChI=1S/C11H18O5/c1-5-6-7-8(16-11(2,3)15-7)9(13-4)10(12)14-6/h5-10,12H,1H2,2-4H3/t6-,7+,8+,9-,10?/m1/s1. The maximum atomic E-state index is 9.76. The van der Waals surface area contributed by atoms with Crippen molar-refractivity contribution in [1.29, 1.82) is 0 Å². The Morgan fingerprint density at radius 2 is 1.94 bits per heavy atom. The minimum absolute atomic E-state index is 0.291. The Bertz CT molecular complexity index is 278. The average Bonchev–Trinajstić information content (AvgIpc) is 2.52. The van der Waals surface area contributed by atoms with Gasteiger partial charge in [-0.3, -0.25) is 0 Å². The highest BCUT2D eigenvalue weighted by molar-refractivity contribution is 5.02. The second kappa shape index (κ2) is 4.09. The molecular weight excluding hydrogens is 212 g/mol. The van der Waals surface area contributed by atoms with Crippen molar-refractivity contribution < 1.29 is 24.1 Å². The number of aliphatic hydroxyl groups is 1. The third-order valence-corrected chi connectivity index (χ3v) is 2.89. The van der Waals surface area contributed by atoms with Gasteiger partial charge in [0.15, 0.2) is 12.1 Å². The smallest absolute Gasteiger partial charge is 0.184 e. The second-order valence-electron chi connectivity index (χ2n) is 4.49. The lowest BCUT2D eigenvalue weighted by Crippen LogP contribution is -2.56. The molecule has 0 radical (unpaired) electrons. The van der Waals surface area contributed by atoms with Crippen molar-refractivity contribution in [3.63, 3.8) is 0 Å². The van der Waals surface area contributed by atoms with E-state index in [2.05, 4.69) is 6.58 Å². The predicted molar refractivity (Wildman–Crippen MR) is 55.7 cm³/mol. The molecule has 2 rings (SSSR count). The Hall–Kier alpha value is -0.460. The highest BCUT2D eigenvalue weighted by Gasteiger charge is 2.54. The van der Waals surface area contributed by atoms with Gasteiger partial charge in [0.2, 0.25) is 0 Å². The Labute approximate surface area is 94.9 Å². The van der Waals surface area contributed by atoms with Crippen molar-refractivity contribution in [2.75, 3.05) is 7.11 Å². The van der Waals surface area contributed by atoms with Gasteiger partial charge in [0.25, 0.3) is 0 Å². The largest absolute Gasteiger partial charge is 0.373 e. The van der Waals surface area contributed by atoms with Gasteiger partial charge in [-0.05, 0) is 13.8 Å². The predicted octanol–water partition coefficient (Wildman–Crippen LogP) is 0.425. The highest BCUT2D eigenvalue weighted by atomic mass is 16.8. The first kappa shape index (κ1) is 12.0. The summed E-state index contributed by atoms with van der Waals surface area (Å²) in [4.78, 5) is 0. The lowest BCUT2D eigenvalue weighted by atomic mass is 9.99. The number of fused-ring (bicyclic) bond motifs is 1. The van der Waals surface area contributed by atoms with Crippen LogP contribution >= 0.6 is 0 Å². The Morgan fingerprint density at radius 3 is 2.50 bits per heavy atom. The monoisotopic (exact) mass is 230 g/mol. The quantitative estimate of drug-likeness (QED) is 0.697. The topological polar surface area (TPSA) is 57.2 Å². The van der Waals surface area contributed by atoms with E-state index < -0.39 is 18.2 Å². The molecule has 2 fully saturated rings. The maximum Gasteiger partial charge on any atom is 0.184 e. The zero-order valence-corrected chi connectivity index (χ0v) is 9.75. The van der Waals surface area contributed by atoms with Gasteiger partial charge in [-0.2, -0.15) is 0 Å². The van der Waals surface area contributed by atoms with Crippen molar-refractivity contribution in [3.8, 4) is 0 Å². The fraction of sp³-hybridized carbons (Fsp3) is 0.818. The van der Waals surface area contributed by atoms with Crippen LogP contribution in [0.1, 0.15) is 13.8 Å². The van der Waals surface area contributed by atoms with Crippen molar-refractivity contribution in [1.82, 2.24) is 0 Å². The van der Waals surface area contributed by atoms with Crippen LogP contribution < -0.4 is 0 Å². The highest BCUT2D eigenvalue weighted by Crippen LogP contribution is 2.38. The molecule has 0 bridgehead atoms. The third kappa shape index (κ3) is 1.89. The summed E-state index contributed by atoms with van der Waals surface area (Å²) >= 11 is 0. The average molecular weight is 230 g/mol. The molecule has 1 N–H and O–H groups in total. The van der Waals surface area contributed by atoms with E-state index >= 15 is 0 Å². The van der Waals surface area contributed by atoms with Crippen LogP contribution in [0.3, 0.4) is 0 Å². The summed E-state index contributed by atoms with van der Waals surface area (Å²) in [6.07, 6.45) is -0.965. The molecule has 2 aliphatic rings. The number of ether oxygens (including phenoxy) is 4. The number of hydrogen-bond donors (Lipinski definition) is 1. The fourth-order valence-corrected chi connectivity index (χ4v) is 2.24. The molecule has 0 saturated carbocycles. The summed E-state index contributed by atoms with van der Waals surface area (Å²) in [5, 5.41) is 9.76. The third-order valence-electron chi connectivity index (χ3n) is 2.89. The van der Waals surface area contributed by atoms with Crippen LogP contribution in [0.25, 0.3) is 0 Å². The molecule has 0 spiro atoms. The number of rotatable bonds is 2. The van der Waals surface area contributed by atoms with E-state index in [4.69, 9.17) is 18.9 Å². The first-order valence-corrected chi connectivity index (χ1v) is 5.33. The van der Waals surface area contributed by atoms with Crippen LogP contribution in [0.4, 0.5) is 0 Å². The molecule has 2 saturated heterocycles. The first-order valence-electron chi connectivity index (χ1n) is 5.33. The molecule has 0 amide bonds. The van der Waals surface area contributed by atoms with Crippen LogP contribution in [0.15, 0.2) is 12.7 Å². The molecule has 2 heterocycles. The zero-order valence-electron chi connectivity index (χ0n) is 9.75. The Kier molecular flexibility index (Phi) is 3.07. The Morgan fingerprint density at radius 1 is 1.31 bits per heavy atom. The SMILES string of the molecule is C=C[C@H]1OC(O)[C@H](OC)[C@H]2OC(C)(C)O[C@H]21. The summed E-state index contributed by atoms with van der Waals surface area (Å²) in [7, 11) is 1.51. The number of methoxy groups -OCH3 is 1.